The molecule has 0 fully saturated rings. The molecule has 19 heavy (non-hydrogen) atoms. The normalized spacial score (nSPS) is 11.8. The molecule has 0 radical (unpaired) electrons. The van der Waals surface area contributed by atoms with Crippen LogP contribution in [0.1, 0.15) is 12.5 Å². The van der Waals surface area contributed by atoms with Crippen molar-refractivity contribution in [3.63, 3.8) is 0 Å². The van der Waals surface area contributed by atoms with E-state index in [0.29, 0.717) is 31.9 Å². The van der Waals surface area contributed by atoms with Gasteiger partial charge in [-0.25, -0.2) is 0 Å². The molecule has 0 spiro atoms. The van der Waals surface area contributed by atoms with Crippen molar-refractivity contribution in [1.82, 2.24) is 0 Å². The maximum absolute atomic E-state index is 9.70. The molecular weight excluding hydrogens is 244 g/mol. The van der Waals surface area contributed by atoms with Gasteiger partial charge in [-0.3, -0.25) is 0 Å². The highest BCUT2D eigenvalue weighted by Gasteiger charge is 2.04. The fourth-order valence-corrected chi connectivity index (χ4v) is 1.47. The molecule has 0 aliphatic rings. The van der Waals surface area contributed by atoms with E-state index < -0.39 is 6.10 Å². The number of aliphatic hydroxyl groups is 1. The van der Waals surface area contributed by atoms with Crippen LogP contribution in [0.25, 0.3) is 0 Å². The molecule has 5 nitrogen and oxygen atoms in total. The highest BCUT2D eigenvalue weighted by molar-refractivity contribution is 5.49. The van der Waals surface area contributed by atoms with Gasteiger partial charge in [0.25, 0.3) is 0 Å². The van der Waals surface area contributed by atoms with Gasteiger partial charge in [0, 0.05) is 18.8 Å². The van der Waals surface area contributed by atoms with Crippen LogP contribution in [0.3, 0.4) is 0 Å². The Balaban J connectivity index is 2.18. The van der Waals surface area contributed by atoms with Gasteiger partial charge in [0.05, 0.1) is 37.6 Å². The summed E-state index contributed by atoms with van der Waals surface area (Å²) in [5.74, 6) is 0. The molecule has 0 aliphatic carbocycles. The molecule has 1 atom stereocenters. The first-order valence-corrected chi connectivity index (χ1v) is 6.34. The lowest BCUT2D eigenvalue weighted by atomic mass is 10.2. The van der Waals surface area contributed by atoms with Gasteiger partial charge in [-0.2, -0.15) is 5.26 Å². The number of nitrogens with one attached hydrogen (secondary N) is 1. The number of hydrogen-bond donors (Lipinski definition) is 2. The first-order chi connectivity index (χ1) is 9.26. The second kappa shape index (κ2) is 9.34. The van der Waals surface area contributed by atoms with Gasteiger partial charge in [0.15, 0.2) is 0 Å². The Morgan fingerprint density at radius 1 is 1.37 bits per heavy atom. The van der Waals surface area contributed by atoms with Crippen LogP contribution in [0, 0.1) is 11.3 Å². The van der Waals surface area contributed by atoms with Crippen LogP contribution in [0.2, 0.25) is 0 Å². The summed E-state index contributed by atoms with van der Waals surface area (Å²) in [5.41, 5.74) is 1.40. The van der Waals surface area contributed by atoms with Crippen molar-refractivity contribution in [3.05, 3.63) is 29.8 Å². The Morgan fingerprint density at radius 3 is 2.89 bits per heavy atom. The third-order valence-electron chi connectivity index (χ3n) is 2.42. The van der Waals surface area contributed by atoms with Crippen LogP contribution in [-0.4, -0.2) is 44.2 Å². The summed E-state index contributed by atoms with van der Waals surface area (Å²) in [6, 6.07) is 9.19. The van der Waals surface area contributed by atoms with Crippen molar-refractivity contribution >= 4 is 5.69 Å². The quantitative estimate of drug-likeness (QED) is 0.659. The molecular formula is C14H20N2O3. The van der Waals surface area contributed by atoms with Crippen LogP contribution >= 0.6 is 0 Å². The third-order valence-corrected chi connectivity index (χ3v) is 2.42. The van der Waals surface area contributed by atoms with E-state index in [1.54, 1.807) is 18.2 Å². The van der Waals surface area contributed by atoms with Gasteiger partial charge in [-0.1, -0.05) is 6.07 Å². The SMILES string of the molecule is CCOCCOCC(O)CNc1cccc(C#N)c1. The number of aliphatic hydroxyl groups excluding tert-OH is 1. The monoisotopic (exact) mass is 264 g/mol. The highest BCUT2D eigenvalue weighted by atomic mass is 16.5. The molecule has 2 N–H and O–H groups in total. The number of hydrogen-bond acceptors (Lipinski definition) is 5. The van der Waals surface area contributed by atoms with E-state index in [4.69, 9.17) is 14.7 Å². The summed E-state index contributed by atoms with van der Waals surface area (Å²) in [5, 5.41) is 21.5. The molecule has 5 heteroatoms. The van der Waals surface area contributed by atoms with E-state index >= 15 is 0 Å². The zero-order valence-corrected chi connectivity index (χ0v) is 11.1. The first-order valence-electron chi connectivity index (χ1n) is 6.34. The molecule has 0 aliphatic heterocycles. The van der Waals surface area contributed by atoms with Crippen molar-refractivity contribution in [2.75, 3.05) is 38.3 Å². The molecule has 0 aromatic heterocycles. The maximum atomic E-state index is 9.70. The second-order valence-electron chi connectivity index (χ2n) is 4.00. The van der Waals surface area contributed by atoms with Crippen molar-refractivity contribution in [2.24, 2.45) is 0 Å². The van der Waals surface area contributed by atoms with Crippen molar-refractivity contribution in [1.29, 1.82) is 5.26 Å². The Kier molecular flexibility index (Phi) is 7.59. The summed E-state index contributed by atoms with van der Waals surface area (Å²) in [6.45, 7) is 4.26. The van der Waals surface area contributed by atoms with Gasteiger partial charge in [0.2, 0.25) is 0 Å². The van der Waals surface area contributed by atoms with Crippen LogP contribution < -0.4 is 5.32 Å². The van der Waals surface area contributed by atoms with Gasteiger partial charge in [-0.05, 0) is 25.1 Å². The number of nitrogens with zero attached hydrogens (tertiary/aromatic N) is 1. The predicted octanol–water partition coefficient (Wildman–Crippen LogP) is 1.38. The van der Waals surface area contributed by atoms with E-state index in [0.717, 1.165) is 5.69 Å². The molecule has 0 saturated carbocycles. The number of rotatable bonds is 9. The average Bonchev–Trinajstić information content (AvgIpc) is 2.45. The van der Waals surface area contributed by atoms with Gasteiger partial charge >= 0.3 is 0 Å². The minimum Gasteiger partial charge on any atom is -0.389 e. The van der Waals surface area contributed by atoms with Crippen LogP contribution in [0.5, 0.6) is 0 Å². The Labute approximate surface area is 113 Å². The smallest absolute Gasteiger partial charge is 0.0992 e. The zero-order valence-electron chi connectivity index (χ0n) is 11.1. The second-order valence-corrected chi connectivity index (χ2v) is 4.00. The summed E-state index contributed by atoms with van der Waals surface area (Å²) in [4.78, 5) is 0. The predicted molar refractivity (Wildman–Crippen MR) is 73.0 cm³/mol. The third kappa shape index (κ3) is 6.77. The average molecular weight is 264 g/mol. The van der Waals surface area contributed by atoms with Crippen LogP contribution in [-0.2, 0) is 9.47 Å². The minimum atomic E-state index is -0.590. The Bertz CT molecular complexity index is 404. The molecule has 1 rings (SSSR count). The Hall–Kier alpha value is -1.61. The fourth-order valence-electron chi connectivity index (χ4n) is 1.47. The largest absolute Gasteiger partial charge is 0.389 e. The van der Waals surface area contributed by atoms with Crippen LogP contribution in [0.4, 0.5) is 5.69 Å². The van der Waals surface area contributed by atoms with Crippen molar-refractivity contribution < 1.29 is 14.6 Å². The van der Waals surface area contributed by atoms with E-state index in [9.17, 15) is 5.11 Å². The molecule has 104 valence electrons. The van der Waals surface area contributed by atoms with Gasteiger partial charge in [0.1, 0.15) is 0 Å². The van der Waals surface area contributed by atoms with Gasteiger partial charge in [-0.15, -0.1) is 0 Å². The molecule has 1 unspecified atom stereocenters. The topological polar surface area (TPSA) is 74.5 Å². The van der Waals surface area contributed by atoms with Gasteiger partial charge < -0.3 is 19.9 Å². The fraction of sp³-hybridized carbons (Fsp3) is 0.500. The standard InChI is InChI=1S/C14H20N2O3/c1-2-18-6-7-19-11-14(17)10-16-13-5-3-4-12(8-13)9-15/h3-5,8,14,16-17H,2,6-7,10-11H2,1H3. The zero-order chi connectivity index (χ0) is 13.9. The maximum Gasteiger partial charge on any atom is 0.0992 e. The molecule has 0 bridgehead atoms. The summed E-state index contributed by atoms with van der Waals surface area (Å²) >= 11 is 0. The molecule has 0 amide bonds. The highest BCUT2D eigenvalue weighted by Crippen LogP contribution is 2.09. The lowest BCUT2D eigenvalue weighted by Gasteiger charge is -2.13. The molecule has 0 saturated heterocycles. The summed E-state index contributed by atoms with van der Waals surface area (Å²) in [6.07, 6.45) is -0.590. The number of benzene rings is 1. The first kappa shape index (κ1) is 15.4. The van der Waals surface area contributed by atoms with Crippen LogP contribution in [0.15, 0.2) is 24.3 Å². The molecule has 1 aromatic carbocycles. The molecule has 0 heterocycles. The number of nitriles is 1. The number of anilines is 1. The number of ether oxygens (including phenoxy) is 2. The van der Waals surface area contributed by atoms with Crippen molar-refractivity contribution in [2.45, 2.75) is 13.0 Å². The lowest BCUT2D eigenvalue weighted by molar-refractivity contribution is 0.0103. The van der Waals surface area contributed by atoms with Crippen molar-refractivity contribution in [3.8, 4) is 6.07 Å². The summed E-state index contributed by atoms with van der Waals surface area (Å²) < 4.78 is 10.4. The minimum absolute atomic E-state index is 0.262. The van der Waals surface area contributed by atoms with E-state index in [2.05, 4.69) is 11.4 Å². The van der Waals surface area contributed by atoms with E-state index in [-0.39, 0.29) is 6.61 Å². The Morgan fingerprint density at radius 2 is 2.16 bits per heavy atom. The van der Waals surface area contributed by atoms with E-state index in [1.165, 1.54) is 0 Å². The van der Waals surface area contributed by atoms with E-state index in [1.807, 2.05) is 13.0 Å². The lowest BCUT2D eigenvalue weighted by Crippen LogP contribution is -2.25. The molecule has 1 aromatic rings. The summed E-state index contributed by atoms with van der Waals surface area (Å²) in [7, 11) is 0.